The number of hydrogen-bond acceptors (Lipinski definition) is 8. The third-order valence-electron chi connectivity index (χ3n) is 4.96. The predicted molar refractivity (Wildman–Crippen MR) is 107 cm³/mol. The van der Waals surface area contributed by atoms with Gasteiger partial charge in [-0.2, -0.15) is 0 Å². The number of aromatic nitrogens is 2. The molecule has 0 aliphatic carbocycles. The number of ether oxygens (including phenoxy) is 1. The van der Waals surface area contributed by atoms with Crippen LogP contribution in [0.15, 0.2) is 38.1 Å². The molecule has 1 unspecified atom stereocenters. The van der Waals surface area contributed by atoms with Crippen LogP contribution in [0.2, 0.25) is 0 Å². The fourth-order valence-electron chi connectivity index (χ4n) is 3.57. The van der Waals surface area contributed by atoms with Crippen LogP contribution in [0, 0.1) is 0 Å². The van der Waals surface area contributed by atoms with Crippen LogP contribution < -0.4 is 10.9 Å². The van der Waals surface area contributed by atoms with Crippen molar-refractivity contribution in [1.29, 1.82) is 0 Å². The fourth-order valence-corrected chi connectivity index (χ4v) is 5.75. The summed E-state index contributed by atoms with van der Waals surface area (Å²) in [6.45, 7) is 3.34. The Kier molecular flexibility index (Phi) is 4.71. The number of morpholine rings is 1. The van der Waals surface area contributed by atoms with Gasteiger partial charge in [0.1, 0.15) is 16.0 Å². The summed E-state index contributed by atoms with van der Waals surface area (Å²) in [5.74, 6) is 1.13. The molecule has 2 aliphatic rings. The summed E-state index contributed by atoms with van der Waals surface area (Å²) in [6.07, 6.45) is 3.22. The molecule has 2 aliphatic heterocycles. The number of thioether (sulfide) groups is 1. The maximum Gasteiger partial charge on any atom is 0.271 e. The van der Waals surface area contributed by atoms with Crippen LogP contribution in [-0.4, -0.2) is 52.4 Å². The highest BCUT2D eigenvalue weighted by atomic mass is 32.2. The minimum atomic E-state index is -0.0935. The lowest BCUT2D eigenvalue weighted by Gasteiger charge is -2.33. The lowest BCUT2D eigenvalue weighted by atomic mass is 10.1. The molecule has 0 aromatic carbocycles. The Labute approximate surface area is 168 Å². The zero-order valence-electron chi connectivity index (χ0n) is 14.9. The number of rotatable bonds is 4. The smallest absolute Gasteiger partial charge is 0.271 e. The molecule has 8 nitrogen and oxygen atoms in total. The van der Waals surface area contributed by atoms with Crippen molar-refractivity contribution in [3.05, 3.63) is 40.8 Å². The molecule has 0 saturated carbocycles. The van der Waals surface area contributed by atoms with Crippen molar-refractivity contribution in [2.45, 2.75) is 16.8 Å². The predicted octanol–water partition coefficient (Wildman–Crippen LogP) is 2.17. The third kappa shape index (κ3) is 3.16. The van der Waals surface area contributed by atoms with E-state index >= 15 is 0 Å². The standard InChI is InChI=1S/C18H18N4O4S2/c23-13-9-27-18-15(20-13)14-16(28-18)17(24)22(10-19-14)8-11(12-2-1-5-26-12)21-3-6-25-7-4-21/h1-2,5,10-11H,3-4,6-9H2,(H,20,23). The van der Waals surface area contributed by atoms with E-state index in [1.165, 1.54) is 23.1 Å². The molecule has 28 heavy (non-hydrogen) atoms. The molecule has 5 heterocycles. The molecule has 0 spiro atoms. The van der Waals surface area contributed by atoms with E-state index in [1.807, 2.05) is 12.1 Å². The molecule has 1 amide bonds. The number of nitrogens with one attached hydrogen (secondary N) is 1. The summed E-state index contributed by atoms with van der Waals surface area (Å²) in [7, 11) is 0. The van der Waals surface area contributed by atoms with Crippen molar-refractivity contribution in [2.24, 2.45) is 0 Å². The number of carbonyl (C=O) groups excluding carboxylic acids is 1. The van der Waals surface area contributed by atoms with Gasteiger partial charge in [0.2, 0.25) is 5.91 Å². The molecule has 1 saturated heterocycles. The van der Waals surface area contributed by atoms with Crippen LogP contribution in [0.25, 0.3) is 10.2 Å². The molecule has 1 N–H and O–H groups in total. The first-order chi connectivity index (χ1) is 13.7. The minimum absolute atomic E-state index is 0.0617. The van der Waals surface area contributed by atoms with Crippen molar-refractivity contribution in [3.8, 4) is 0 Å². The van der Waals surface area contributed by atoms with Crippen LogP contribution in [0.1, 0.15) is 11.8 Å². The molecule has 5 rings (SSSR count). The molecule has 0 radical (unpaired) electrons. The van der Waals surface area contributed by atoms with Gasteiger partial charge < -0.3 is 14.5 Å². The first-order valence-corrected chi connectivity index (χ1v) is 10.8. The molecule has 3 aromatic rings. The van der Waals surface area contributed by atoms with Crippen LogP contribution in [0.4, 0.5) is 5.69 Å². The number of fused-ring (bicyclic) bond motifs is 3. The number of amides is 1. The van der Waals surface area contributed by atoms with Crippen LogP contribution in [0.5, 0.6) is 0 Å². The second kappa shape index (κ2) is 7.36. The molecular formula is C18H18N4O4S2. The van der Waals surface area contributed by atoms with Crippen molar-refractivity contribution in [1.82, 2.24) is 14.5 Å². The van der Waals surface area contributed by atoms with Gasteiger partial charge in [-0.3, -0.25) is 19.1 Å². The number of nitrogens with zero attached hydrogens (tertiary/aromatic N) is 3. The molecular weight excluding hydrogens is 400 g/mol. The van der Waals surface area contributed by atoms with Crippen molar-refractivity contribution >= 4 is 44.9 Å². The Hall–Kier alpha value is -2.14. The van der Waals surface area contributed by atoms with E-state index in [1.54, 1.807) is 17.2 Å². The van der Waals surface area contributed by atoms with E-state index in [-0.39, 0.29) is 17.5 Å². The summed E-state index contributed by atoms with van der Waals surface area (Å²) >= 11 is 2.85. The first kappa shape index (κ1) is 17.9. The topological polar surface area (TPSA) is 89.6 Å². The maximum atomic E-state index is 13.2. The van der Waals surface area contributed by atoms with E-state index in [4.69, 9.17) is 9.15 Å². The molecule has 0 bridgehead atoms. The zero-order valence-corrected chi connectivity index (χ0v) is 16.6. The summed E-state index contributed by atoms with van der Waals surface area (Å²) in [5, 5.41) is 2.85. The van der Waals surface area contributed by atoms with E-state index in [9.17, 15) is 9.59 Å². The van der Waals surface area contributed by atoms with Crippen molar-refractivity contribution in [2.75, 3.05) is 37.4 Å². The van der Waals surface area contributed by atoms with Gasteiger partial charge in [-0.1, -0.05) is 0 Å². The first-order valence-electron chi connectivity index (χ1n) is 9.00. The van der Waals surface area contributed by atoms with Gasteiger partial charge in [0.25, 0.3) is 5.56 Å². The van der Waals surface area contributed by atoms with E-state index in [0.717, 1.165) is 23.1 Å². The van der Waals surface area contributed by atoms with Gasteiger partial charge in [-0.05, 0) is 12.1 Å². The average Bonchev–Trinajstić information content (AvgIpc) is 3.36. The van der Waals surface area contributed by atoms with E-state index < -0.39 is 0 Å². The largest absolute Gasteiger partial charge is 0.468 e. The van der Waals surface area contributed by atoms with E-state index in [2.05, 4.69) is 15.2 Å². The Morgan fingerprint density at radius 1 is 1.29 bits per heavy atom. The van der Waals surface area contributed by atoms with E-state index in [0.29, 0.717) is 41.4 Å². The minimum Gasteiger partial charge on any atom is -0.468 e. The Morgan fingerprint density at radius 2 is 2.14 bits per heavy atom. The summed E-state index contributed by atoms with van der Waals surface area (Å²) < 4.78 is 14.3. The van der Waals surface area contributed by atoms with Crippen LogP contribution in [0.3, 0.4) is 0 Å². The lowest BCUT2D eigenvalue weighted by Crippen LogP contribution is -2.41. The highest BCUT2D eigenvalue weighted by Gasteiger charge is 2.27. The molecule has 1 fully saturated rings. The average molecular weight is 419 g/mol. The van der Waals surface area contributed by atoms with Crippen molar-refractivity contribution < 1.29 is 13.9 Å². The van der Waals surface area contributed by atoms with Crippen LogP contribution >= 0.6 is 23.1 Å². The number of furan rings is 1. The Morgan fingerprint density at radius 3 is 2.93 bits per heavy atom. The second-order valence-electron chi connectivity index (χ2n) is 6.66. The zero-order chi connectivity index (χ0) is 19.1. The molecule has 146 valence electrons. The third-order valence-corrected chi connectivity index (χ3v) is 7.40. The summed E-state index contributed by atoms with van der Waals surface area (Å²) in [5.41, 5.74) is 1.15. The molecule has 3 aromatic heterocycles. The van der Waals surface area contributed by atoms with Gasteiger partial charge in [0.05, 0.1) is 47.5 Å². The van der Waals surface area contributed by atoms with Crippen molar-refractivity contribution in [3.63, 3.8) is 0 Å². The van der Waals surface area contributed by atoms with Gasteiger partial charge in [0.15, 0.2) is 0 Å². The number of hydrogen-bond donors (Lipinski definition) is 1. The monoisotopic (exact) mass is 418 g/mol. The lowest BCUT2D eigenvalue weighted by molar-refractivity contribution is -0.113. The number of thiophene rings is 1. The van der Waals surface area contributed by atoms with Gasteiger partial charge in [-0.25, -0.2) is 4.98 Å². The van der Waals surface area contributed by atoms with Gasteiger partial charge in [0, 0.05) is 19.6 Å². The quantitative estimate of drug-likeness (QED) is 0.694. The maximum absolute atomic E-state index is 13.2. The number of anilines is 1. The highest BCUT2D eigenvalue weighted by Crippen LogP contribution is 2.42. The fraction of sp³-hybridized carbons (Fsp3) is 0.389. The SMILES string of the molecule is O=C1CSc2sc3c(=O)n(CC(c4ccco4)N4CCOCC4)cnc3c2N1. The second-order valence-corrected chi connectivity index (χ2v) is 8.93. The van der Waals surface area contributed by atoms with Gasteiger partial charge >= 0.3 is 0 Å². The summed E-state index contributed by atoms with van der Waals surface area (Å²) in [4.78, 5) is 31.6. The van der Waals surface area contributed by atoms with Gasteiger partial charge in [-0.15, -0.1) is 23.1 Å². The highest BCUT2D eigenvalue weighted by molar-refractivity contribution is 8.02. The molecule has 1 atom stereocenters. The van der Waals surface area contributed by atoms with Crippen LogP contribution in [-0.2, 0) is 16.1 Å². The Bertz CT molecular complexity index is 1070. The summed E-state index contributed by atoms with van der Waals surface area (Å²) in [6, 6.07) is 3.73. The molecule has 10 heteroatoms. The Balaban J connectivity index is 1.52. The normalized spacial score (nSPS) is 18.8. The number of carbonyl (C=O) groups is 1.